The zero-order chi connectivity index (χ0) is 17.6. The van der Waals surface area contributed by atoms with Crippen molar-refractivity contribution in [3.05, 3.63) is 59.1 Å². The molecule has 128 valence electrons. The summed E-state index contributed by atoms with van der Waals surface area (Å²) in [6.07, 6.45) is -4.73. The van der Waals surface area contributed by atoms with Crippen molar-refractivity contribution < 1.29 is 22.7 Å². The lowest BCUT2D eigenvalue weighted by atomic mass is 10.2. The Morgan fingerprint density at radius 1 is 1.08 bits per heavy atom. The molecule has 1 N–H and O–H groups in total. The summed E-state index contributed by atoms with van der Waals surface area (Å²) < 4.78 is 39.9. The van der Waals surface area contributed by atoms with Gasteiger partial charge in [0.1, 0.15) is 5.75 Å². The van der Waals surface area contributed by atoms with Crippen LogP contribution < -0.4 is 10.1 Å². The van der Waals surface area contributed by atoms with E-state index in [9.17, 15) is 18.0 Å². The molecule has 0 radical (unpaired) electrons. The number of ether oxygens (including phenoxy) is 1. The van der Waals surface area contributed by atoms with Gasteiger partial charge in [-0.3, -0.25) is 4.79 Å². The predicted octanol–water partition coefficient (Wildman–Crippen LogP) is 5.11. The van der Waals surface area contributed by atoms with E-state index < -0.39 is 6.36 Å². The molecule has 0 atom stereocenters. The third-order valence-corrected chi connectivity index (χ3v) is 4.04. The zero-order valence-corrected chi connectivity index (χ0v) is 13.8. The van der Waals surface area contributed by atoms with Gasteiger partial charge in [0, 0.05) is 16.5 Å². The molecule has 0 fully saturated rings. The topological polar surface area (TPSA) is 38.3 Å². The van der Waals surface area contributed by atoms with E-state index in [1.165, 1.54) is 23.9 Å². The number of anilines is 1. The number of carbonyl (C=O) groups excluding carboxylic acids is 1. The van der Waals surface area contributed by atoms with E-state index in [-0.39, 0.29) is 17.4 Å². The summed E-state index contributed by atoms with van der Waals surface area (Å²) in [5.41, 5.74) is 1.45. The molecule has 0 aliphatic carbocycles. The van der Waals surface area contributed by atoms with Gasteiger partial charge in [-0.1, -0.05) is 23.7 Å². The van der Waals surface area contributed by atoms with Crippen molar-refractivity contribution >= 4 is 35.0 Å². The quantitative estimate of drug-likeness (QED) is 0.762. The monoisotopic (exact) mass is 375 g/mol. The smallest absolute Gasteiger partial charge is 0.406 e. The molecule has 0 aliphatic heterocycles. The van der Waals surface area contributed by atoms with E-state index in [4.69, 9.17) is 11.6 Å². The molecule has 0 unspecified atom stereocenters. The first-order chi connectivity index (χ1) is 11.3. The van der Waals surface area contributed by atoms with Crippen LogP contribution in [0, 0.1) is 0 Å². The Bertz CT molecular complexity index is 675. The highest BCUT2D eigenvalue weighted by atomic mass is 35.5. The van der Waals surface area contributed by atoms with Gasteiger partial charge in [-0.15, -0.1) is 24.9 Å². The first kappa shape index (κ1) is 18.5. The molecule has 0 bridgehead atoms. The van der Waals surface area contributed by atoms with E-state index in [0.29, 0.717) is 16.5 Å². The van der Waals surface area contributed by atoms with Gasteiger partial charge >= 0.3 is 6.36 Å². The molecule has 0 spiro atoms. The second kappa shape index (κ2) is 8.30. The molecule has 0 aromatic heterocycles. The maximum atomic E-state index is 12.1. The van der Waals surface area contributed by atoms with Gasteiger partial charge in [-0.2, -0.15) is 0 Å². The number of rotatable bonds is 6. The SMILES string of the molecule is O=C(CSCc1ccc(Cl)cc1)Nc1ccc(OC(F)(F)F)cc1. The molecule has 8 heteroatoms. The van der Waals surface area contributed by atoms with Gasteiger partial charge in [-0.25, -0.2) is 0 Å². The summed E-state index contributed by atoms with van der Waals surface area (Å²) in [5.74, 6) is 0.308. The molecule has 0 heterocycles. The maximum Gasteiger partial charge on any atom is 0.573 e. The summed E-state index contributed by atoms with van der Waals surface area (Å²) >= 11 is 7.21. The van der Waals surface area contributed by atoms with Crippen LogP contribution in [0.2, 0.25) is 5.02 Å². The number of nitrogens with one attached hydrogen (secondary N) is 1. The molecule has 2 aromatic rings. The van der Waals surface area contributed by atoms with Gasteiger partial charge in [0.2, 0.25) is 5.91 Å². The van der Waals surface area contributed by atoms with Gasteiger partial charge in [-0.05, 0) is 42.0 Å². The predicted molar refractivity (Wildman–Crippen MR) is 89.4 cm³/mol. The molecule has 24 heavy (non-hydrogen) atoms. The second-order valence-corrected chi connectivity index (χ2v) is 6.16. The number of carbonyl (C=O) groups is 1. The van der Waals surface area contributed by atoms with Crippen molar-refractivity contribution in [1.82, 2.24) is 0 Å². The highest BCUT2D eigenvalue weighted by molar-refractivity contribution is 7.99. The van der Waals surface area contributed by atoms with Crippen molar-refractivity contribution in [3.63, 3.8) is 0 Å². The lowest BCUT2D eigenvalue weighted by Crippen LogP contribution is -2.17. The summed E-state index contributed by atoms with van der Waals surface area (Å²) in [5, 5.41) is 3.26. The van der Waals surface area contributed by atoms with Crippen molar-refractivity contribution in [3.8, 4) is 5.75 Å². The van der Waals surface area contributed by atoms with E-state index >= 15 is 0 Å². The van der Waals surface area contributed by atoms with Crippen molar-refractivity contribution in [2.45, 2.75) is 12.1 Å². The Balaban J connectivity index is 1.76. The van der Waals surface area contributed by atoms with Crippen LogP contribution in [0.5, 0.6) is 5.75 Å². The lowest BCUT2D eigenvalue weighted by Gasteiger charge is -2.10. The number of alkyl halides is 3. The molecule has 0 aliphatic rings. The molecular weight excluding hydrogens is 363 g/mol. The van der Waals surface area contributed by atoms with Crippen LogP contribution in [0.25, 0.3) is 0 Å². The summed E-state index contributed by atoms with van der Waals surface area (Å²) in [6.45, 7) is 0. The molecule has 0 saturated heterocycles. The Morgan fingerprint density at radius 2 is 1.71 bits per heavy atom. The fourth-order valence-corrected chi connectivity index (χ4v) is 2.69. The molecule has 2 rings (SSSR count). The third kappa shape index (κ3) is 6.72. The lowest BCUT2D eigenvalue weighted by molar-refractivity contribution is -0.274. The largest absolute Gasteiger partial charge is 0.573 e. The van der Waals surface area contributed by atoms with Crippen LogP contribution in [-0.2, 0) is 10.5 Å². The van der Waals surface area contributed by atoms with Gasteiger partial charge in [0.25, 0.3) is 0 Å². The van der Waals surface area contributed by atoms with Crippen LogP contribution in [0.3, 0.4) is 0 Å². The maximum absolute atomic E-state index is 12.1. The summed E-state index contributed by atoms with van der Waals surface area (Å²) in [7, 11) is 0. The van der Waals surface area contributed by atoms with E-state index in [0.717, 1.165) is 17.7 Å². The first-order valence-corrected chi connectivity index (χ1v) is 8.33. The first-order valence-electron chi connectivity index (χ1n) is 6.80. The van der Waals surface area contributed by atoms with E-state index in [1.54, 1.807) is 12.1 Å². The molecule has 2 aromatic carbocycles. The summed E-state index contributed by atoms with van der Waals surface area (Å²) in [4.78, 5) is 11.8. The Morgan fingerprint density at radius 3 is 2.29 bits per heavy atom. The molecule has 3 nitrogen and oxygen atoms in total. The number of halogens is 4. The van der Waals surface area contributed by atoms with E-state index in [1.807, 2.05) is 12.1 Å². The molecular formula is C16H13ClF3NO2S. The Kier molecular flexibility index (Phi) is 6.39. The van der Waals surface area contributed by atoms with Gasteiger partial charge < -0.3 is 10.1 Å². The average Bonchev–Trinajstić information content (AvgIpc) is 2.50. The summed E-state index contributed by atoms with van der Waals surface area (Å²) in [6, 6.07) is 12.3. The van der Waals surface area contributed by atoms with Gasteiger partial charge in [0.05, 0.1) is 5.75 Å². The van der Waals surface area contributed by atoms with Crippen molar-refractivity contribution in [2.24, 2.45) is 0 Å². The number of hydrogen-bond donors (Lipinski definition) is 1. The highest BCUT2D eigenvalue weighted by Gasteiger charge is 2.30. The van der Waals surface area contributed by atoms with E-state index in [2.05, 4.69) is 10.1 Å². The number of amides is 1. The minimum Gasteiger partial charge on any atom is -0.406 e. The molecule has 0 saturated carbocycles. The van der Waals surface area contributed by atoms with Crippen molar-refractivity contribution in [2.75, 3.05) is 11.1 Å². The highest BCUT2D eigenvalue weighted by Crippen LogP contribution is 2.24. The fourth-order valence-electron chi connectivity index (χ4n) is 1.78. The average molecular weight is 376 g/mol. The van der Waals surface area contributed by atoms with Gasteiger partial charge in [0.15, 0.2) is 0 Å². The number of hydrogen-bond acceptors (Lipinski definition) is 3. The van der Waals surface area contributed by atoms with Crippen LogP contribution in [-0.4, -0.2) is 18.0 Å². The van der Waals surface area contributed by atoms with Crippen LogP contribution in [0.15, 0.2) is 48.5 Å². The normalized spacial score (nSPS) is 11.2. The number of benzene rings is 2. The third-order valence-electron chi connectivity index (χ3n) is 2.79. The fraction of sp³-hybridized carbons (Fsp3) is 0.188. The molecule has 1 amide bonds. The minimum atomic E-state index is -4.73. The van der Waals surface area contributed by atoms with Crippen LogP contribution >= 0.6 is 23.4 Å². The standard InChI is InChI=1S/C16H13ClF3NO2S/c17-12-3-1-11(2-4-12)9-24-10-15(22)21-13-5-7-14(8-6-13)23-16(18,19)20/h1-8H,9-10H2,(H,21,22). The zero-order valence-electron chi connectivity index (χ0n) is 12.3. The van der Waals surface area contributed by atoms with Crippen LogP contribution in [0.4, 0.5) is 18.9 Å². The number of thioether (sulfide) groups is 1. The van der Waals surface area contributed by atoms with Crippen molar-refractivity contribution in [1.29, 1.82) is 0 Å². The second-order valence-electron chi connectivity index (χ2n) is 4.74. The Hall–Kier alpha value is -1.86. The van der Waals surface area contributed by atoms with Crippen LogP contribution in [0.1, 0.15) is 5.56 Å². The minimum absolute atomic E-state index is 0.226. The Labute approximate surface area is 146 Å².